The molecule has 7 nitrogen and oxygen atoms in total. The van der Waals surface area contributed by atoms with Gasteiger partial charge in [0.25, 0.3) is 5.22 Å². The van der Waals surface area contributed by atoms with Crippen LogP contribution in [0, 0.1) is 11.8 Å². The zero-order valence-corrected chi connectivity index (χ0v) is 20.8. The van der Waals surface area contributed by atoms with Gasteiger partial charge in [-0.3, -0.25) is 9.78 Å². The molecule has 1 fully saturated rings. The number of nitrogens with zero attached hydrogens (tertiary/aromatic N) is 3. The number of hydrogen-bond donors (Lipinski definition) is 1. The molecule has 2 aromatic heterocycles. The van der Waals surface area contributed by atoms with Gasteiger partial charge < -0.3 is 19.2 Å². The van der Waals surface area contributed by atoms with E-state index in [4.69, 9.17) is 9.15 Å². The number of ether oxygens (including phenoxy) is 1. The number of methoxy groups -OCH3 is 1. The summed E-state index contributed by atoms with van der Waals surface area (Å²) in [6.45, 7) is 2.67. The van der Waals surface area contributed by atoms with E-state index in [2.05, 4.69) is 14.9 Å². The molecule has 4 rings (SSSR count). The van der Waals surface area contributed by atoms with Gasteiger partial charge >= 0.3 is 5.97 Å². The first-order chi connectivity index (χ1) is 17.0. The SMILES string of the molecule is COc1ccc2nccc([C@H](F)CC[C@@H]3CCN(CCSc4ncco4)C[C@H]3CCC(=O)O)c2c1. The number of piperidine rings is 1. The lowest BCUT2D eigenvalue weighted by Gasteiger charge is -2.39. The van der Waals surface area contributed by atoms with Crippen molar-refractivity contribution in [1.82, 2.24) is 14.9 Å². The number of fused-ring (bicyclic) bond motifs is 1. The van der Waals surface area contributed by atoms with Crippen LogP contribution in [-0.2, 0) is 4.79 Å². The monoisotopic (exact) mass is 501 g/mol. The second-order valence-electron chi connectivity index (χ2n) is 9.02. The third-order valence-electron chi connectivity index (χ3n) is 6.86. The molecule has 3 aromatic rings. The minimum Gasteiger partial charge on any atom is -0.497 e. The van der Waals surface area contributed by atoms with Crippen LogP contribution in [0.3, 0.4) is 0 Å². The van der Waals surface area contributed by atoms with Gasteiger partial charge in [-0.05, 0) is 73.9 Å². The van der Waals surface area contributed by atoms with Gasteiger partial charge in [0.2, 0.25) is 0 Å². The van der Waals surface area contributed by atoms with Gasteiger partial charge in [-0.15, -0.1) is 0 Å². The zero-order valence-electron chi connectivity index (χ0n) is 19.9. The molecule has 3 atom stereocenters. The molecule has 0 bridgehead atoms. The molecule has 35 heavy (non-hydrogen) atoms. The Morgan fingerprint density at radius 1 is 1.29 bits per heavy atom. The number of alkyl halides is 1. The molecule has 0 saturated carbocycles. The van der Waals surface area contributed by atoms with E-state index < -0.39 is 12.1 Å². The quantitative estimate of drug-likeness (QED) is 0.320. The topological polar surface area (TPSA) is 88.7 Å². The van der Waals surface area contributed by atoms with E-state index in [9.17, 15) is 9.90 Å². The highest BCUT2D eigenvalue weighted by atomic mass is 32.2. The summed E-state index contributed by atoms with van der Waals surface area (Å²) < 4.78 is 26.1. The van der Waals surface area contributed by atoms with E-state index in [0.717, 1.165) is 49.1 Å². The number of thioether (sulfide) groups is 1. The van der Waals surface area contributed by atoms with Crippen molar-refractivity contribution in [2.45, 2.75) is 43.5 Å². The Balaban J connectivity index is 1.36. The summed E-state index contributed by atoms with van der Waals surface area (Å²) >= 11 is 1.58. The van der Waals surface area contributed by atoms with Gasteiger partial charge in [0.05, 0.1) is 18.8 Å². The number of carboxylic acids is 1. The molecule has 1 saturated heterocycles. The fraction of sp³-hybridized carbons (Fsp3) is 0.500. The molecule has 0 unspecified atom stereocenters. The third kappa shape index (κ3) is 6.95. The van der Waals surface area contributed by atoms with E-state index in [-0.39, 0.29) is 12.3 Å². The highest BCUT2D eigenvalue weighted by Crippen LogP contribution is 2.36. The van der Waals surface area contributed by atoms with E-state index in [1.807, 2.05) is 18.2 Å². The first kappa shape index (κ1) is 25.4. The van der Waals surface area contributed by atoms with Crippen LogP contribution < -0.4 is 4.74 Å². The van der Waals surface area contributed by atoms with Crippen LogP contribution in [0.2, 0.25) is 0 Å². The lowest BCUT2D eigenvalue weighted by atomic mass is 9.79. The van der Waals surface area contributed by atoms with Crippen molar-refractivity contribution in [3.63, 3.8) is 0 Å². The summed E-state index contributed by atoms with van der Waals surface area (Å²) in [6.07, 6.45) is 6.61. The van der Waals surface area contributed by atoms with Gasteiger partial charge in [-0.25, -0.2) is 9.37 Å². The fourth-order valence-electron chi connectivity index (χ4n) is 4.98. The molecular weight excluding hydrogens is 469 g/mol. The van der Waals surface area contributed by atoms with Gasteiger partial charge in [0.1, 0.15) is 18.2 Å². The van der Waals surface area contributed by atoms with Gasteiger partial charge in [-0.1, -0.05) is 11.8 Å². The van der Waals surface area contributed by atoms with Crippen LogP contribution >= 0.6 is 11.8 Å². The van der Waals surface area contributed by atoms with Crippen LogP contribution in [-0.4, -0.2) is 58.4 Å². The van der Waals surface area contributed by atoms with Crippen LogP contribution in [0.4, 0.5) is 4.39 Å². The number of hydrogen-bond acceptors (Lipinski definition) is 7. The molecule has 1 aromatic carbocycles. The number of likely N-dealkylation sites (tertiary alicyclic amines) is 1. The van der Waals surface area contributed by atoms with Crippen LogP contribution in [0.1, 0.15) is 43.8 Å². The molecule has 1 aliphatic heterocycles. The van der Waals surface area contributed by atoms with Crippen molar-refractivity contribution in [3.05, 3.63) is 48.5 Å². The number of carbonyl (C=O) groups is 1. The average molecular weight is 502 g/mol. The number of oxazole rings is 1. The Morgan fingerprint density at radius 3 is 2.94 bits per heavy atom. The standard InChI is InChI=1S/C26H32FN3O4S/c1-33-20-4-6-24-22(16-20)21(8-10-28-24)23(27)5-2-18-9-12-30(17-19(18)3-7-25(31)32)13-15-35-26-29-11-14-34-26/h4,6,8,10-11,14,16,18-19,23H,2-3,5,7,9,12-13,15,17H2,1H3,(H,31,32)/t18-,19-,23-/m1/s1. The molecule has 1 aliphatic rings. The van der Waals surface area contributed by atoms with Crippen molar-refractivity contribution in [2.24, 2.45) is 11.8 Å². The third-order valence-corrected chi connectivity index (χ3v) is 7.69. The summed E-state index contributed by atoms with van der Waals surface area (Å²) in [4.78, 5) is 22.1. The second-order valence-corrected chi connectivity index (χ2v) is 10.1. The Kier molecular flexibility index (Phi) is 8.98. The van der Waals surface area contributed by atoms with Crippen molar-refractivity contribution >= 4 is 28.6 Å². The minimum atomic E-state index is -1.11. The summed E-state index contributed by atoms with van der Waals surface area (Å²) in [5, 5.41) is 10.7. The molecule has 9 heteroatoms. The number of halogens is 1. The van der Waals surface area contributed by atoms with Crippen molar-refractivity contribution < 1.29 is 23.4 Å². The predicted molar refractivity (Wildman–Crippen MR) is 134 cm³/mol. The predicted octanol–water partition coefficient (Wildman–Crippen LogP) is 5.62. The highest BCUT2D eigenvalue weighted by Gasteiger charge is 2.30. The lowest BCUT2D eigenvalue weighted by molar-refractivity contribution is -0.137. The number of pyridine rings is 1. The van der Waals surface area contributed by atoms with Crippen LogP contribution in [0.15, 0.2) is 52.6 Å². The smallest absolute Gasteiger partial charge is 0.303 e. The number of benzene rings is 1. The fourth-order valence-corrected chi connectivity index (χ4v) is 5.76. The summed E-state index contributed by atoms with van der Waals surface area (Å²) in [6, 6.07) is 7.27. The minimum absolute atomic E-state index is 0.147. The maximum atomic E-state index is 15.5. The average Bonchev–Trinajstić information content (AvgIpc) is 3.39. The molecule has 3 heterocycles. The van der Waals surface area contributed by atoms with Gasteiger partial charge in [0, 0.05) is 36.8 Å². The Morgan fingerprint density at radius 2 is 2.17 bits per heavy atom. The van der Waals surface area contributed by atoms with Crippen LogP contribution in [0.5, 0.6) is 5.75 Å². The van der Waals surface area contributed by atoms with Crippen molar-refractivity contribution in [3.8, 4) is 5.75 Å². The number of carboxylic acid groups (broad SMARTS) is 1. The first-order valence-electron chi connectivity index (χ1n) is 12.1. The van der Waals surface area contributed by atoms with Gasteiger partial charge in [-0.2, -0.15) is 0 Å². The van der Waals surface area contributed by atoms with Gasteiger partial charge in [0.15, 0.2) is 0 Å². The van der Waals surface area contributed by atoms with E-state index in [1.54, 1.807) is 43.6 Å². The van der Waals surface area contributed by atoms with Crippen molar-refractivity contribution in [2.75, 3.05) is 32.5 Å². The molecule has 0 aliphatic carbocycles. The lowest BCUT2D eigenvalue weighted by Crippen LogP contribution is -2.41. The maximum absolute atomic E-state index is 15.5. The van der Waals surface area contributed by atoms with E-state index in [0.29, 0.717) is 35.3 Å². The van der Waals surface area contributed by atoms with Crippen molar-refractivity contribution in [1.29, 1.82) is 0 Å². The Hall–Kier alpha value is -2.65. The number of rotatable bonds is 12. The molecule has 188 valence electrons. The number of aromatic nitrogens is 2. The number of aliphatic carboxylic acids is 1. The first-order valence-corrected chi connectivity index (χ1v) is 13.0. The Labute approximate surface area is 209 Å². The maximum Gasteiger partial charge on any atom is 0.303 e. The highest BCUT2D eigenvalue weighted by molar-refractivity contribution is 7.99. The zero-order chi connectivity index (χ0) is 24.6. The summed E-state index contributed by atoms with van der Waals surface area (Å²) in [7, 11) is 1.60. The summed E-state index contributed by atoms with van der Waals surface area (Å²) in [5.74, 6) is 1.32. The Bertz CT molecular complexity index is 1100. The summed E-state index contributed by atoms with van der Waals surface area (Å²) in [5.41, 5.74) is 1.39. The van der Waals surface area contributed by atoms with E-state index >= 15 is 4.39 Å². The molecular formula is C26H32FN3O4S. The molecule has 0 spiro atoms. The normalized spacial score (nSPS) is 19.6. The molecule has 0 radical (unpaired) electrons. The van der Waals surface area contributed by atoms with Crippen LogP contribution in [0.25, 0.3) is 10.9 Å². The molecule has 1 N–H and O–H groups in total. The van der Waals surface area contributed by atoms with E-state index in [1.165, 1.54) is 0 Å². The largest absolute Gasteiger partial charge is 0.497 e. The second kappa shape index (κ2) is 12.4. The molecule has 0 amide bonds.